The number of ether oxygens (including phenoxy) is 2. The number of benzene rings is 2. The fourth-order valence-electron chi connectivity index (χ4n) is 2.09. The van der Waals surface area contributed by atoms with Gasteiger partial charge >= 0.3 is 0 Å². The van der Waals surface area contributed by atoms with Crippen LogP contribution in [0, 0.1) is 0 Å². The summed E-state index contributed by atoms with van der Waals surface area (Å²) >= 11 is 0. The van der Waals surface area contributed by atoms with E-state index in [1.807, 2.05) is 24.3 Å². The lowest BCUT2D eigenvalue weighted by Gasteiger charge is -2.05. The molecule has 0 aliphatic carbocycles. The molecule has 0 unspecified atom stereocenters. The van der Waals surface area contributed by atoms with Crippen LogP contribution in [-0.2, 0) is 13.0 Å². The Bertz CT molecular complexity index is 456. The summed E-state index contributed by atoms with van der Waals surface area (Å²) < 4.78 is 10.3. The van der Waals surface area contributed by atoms with Crippen LogP contribution in [0.15, 0.2) is 48.5 Å². The van der Waals surface area contributed by atoms with Gasteiger partial charge in [-0.2, -0.15) is 0 Å². The van der Waals surface area contributed by atoms with Crippen molar-refractivity contribution in [3.63, 3.8) is 0 Å². The maximum Gasteiger partial charge on any atom is 0.118 e. The highest BCUT2D eigenvalue weighted by Gasteiger charge is 1.99. The second-order valence-electron chi connectivity index (χ2n) is 4.73. The van der Waals surface area contributed by atoms with Crippen LogP contribution in [0.25, 0.3) is 0 Å². The SMILES string of the molecule is COc1ccc(CC[NH2+]Cc2ccc(OC)cc2)cc1. The van der Waals surface area contributed by atoms with Gasteiger partial charge in [0, 0.05) is 12.0 Å². The molecule has 2 N–H and O–H groups in total. The average Bonchev–Trinajstić information content (AvgIpc) is 2.53. The predicted molar refractivity (Wildman–Crippen MR) is 80.2 cm³/mol. The van der Waals surface area contributed by atoms with Crippen LogP contribution in [0.5, 0.6) is 11.5 Å². The average molecular weight is 272 g/mol. The zero-order chi connectivity index (χ0) is 14.2. The van der Waals surface area contributed by atoms with E-state index in [-0.39, 0.29) is 0 Å². The highest BCUT2D eigenvalue weighted by molar-refractivity contribution is 5.27. The quantitative estimate of drug-likeness (QED) is 0.783. The predicted octanol–water partition coefficient (Wildman–Crippen LogP) is 2.01. The number of hydrogen-bond donors (Lipinski definition) is 1. The van der Waals surface area contributed by atoms with Gasteiger partial charge in [-0.3, -0.25) is 0 Å². The van der Waals surface area contributed by atoms with Crippen LogP contribution in [0.3, 0.4) is 0 Å². The molecule has 20 heavy (non-hydrogen) atoms. The van der Waals surface area contributed by atoms with Gasteiger partial charge in [0.1, 0.15) is 18.0 Å². The molecule has 0 saturated heterocycles. The summed E-state index contributed by atoms with van der Waals surface area (Å²) in [4.78, 5) is 0. The molecule has 0 fully saturated rings. The molecule has 0 aromatic heterocycles. The Kier molecular flexibility index (Phi) is 5.44. The minimum absolute atomic E-state index is 0.909. The normalized spacial score (nSPS) is 10.3. The minimum Gasteiger partial charge on any atom is -0.497 e. The molecule has 0 aliphatic rings. The number of rotatable bonds is 7. The lowest BCUT2D eigenvalue weighted by Crippen LogP contribution is -2.83. The first-order valence-electron chi connectivity index (χ1n) is 6.89. The van der Waals surface area contributed by atoms with Crippen LogP contribution >= 0.6 is 0 Å². The van der Waals surface area contributed by atoms with Crippen LogP contribution < -0.4 is 14.8 Å². The molecule has 0 atom stereocenters. The molecule has 0 radical (unpaired) electrons. The third kappa shape index (κ3) is 4.28. The molecule has 2 rings (SSSR count). The zero-order valence-electron chi connectivity index (χ0n) is 12.1. The summed E-state index contributed by atoms with van der Waals surface area (Å²) in [6.45, 7) is 2.08. The van der Waals surface area contributed by atoms with Crippen molar-refractivity contribution in [1.29, 1.82) is 0 Å². The smallest absolute Gasteiger partial charge is 0.118 e. The van der Waals surface area contributed by atoms with Crippen molar-refractivity contribution in [3.05, 3.63) is 59.7 Å². The second-order valence-corrected chi connectivity index (χ2v) is 4.73. The maximum absolute atomic E-state index is 5.15. The molecular formula is C17H22NO2+. The third-order valence-electron chi connectivity index (χ3n) is 3.34. The Hall–Kier alpha value is -2.00. The van der Waals surface area contributed by atoms with Gasteiger partial charge < -0.3 is 14.8 Å². The van der Waals surface area contributed by atoms with Gasteiger partial charge in [-0.15, -0.1) is 0 Å². The van der Waals surface area contributed by atoms with Crippen molar-refractivity contribution in [3.8, 4) is 11.5 Å². The van der Waals surface area contributed by atoms with Gasteiger partial charge in [0.25, 0.3) is 0 Å². The Balaban J connectivity index is 1.72. The van der Waals surface area contributed by atoms with Crippen molar-refractivity contribution in [2.24, 2.45) is 0 Å². The van der Waals surface area contributed by atoms with Crippen molar-refractivity contribution in [2.45, 2.75) is 13.0 Å². The third-order valence-corrected chi connectivity index (χ3v) is 3.34. The molecule has 0 bridgehead atoms. The van der Waals surface area contributed by atoms with Crippen LogP contribution in [0.4, 0.5) is 0 Å². The Morgan fingerprint density at radius 1 is 0.750 bits per heavy atom. The molecule has 0 saturated carbocycles. The van der Waals surface area contributed by atoms with E-state index in [0.29, 0.717) is 0 Å². The lowest BCUT2D eigenvalue weighted by molar-refractivity contribution is -0.670. The molecule has 3 heteroatoms. The number of nitrogens with two attached hydrogens (primary N) is 1. The number of quaternary nitrogens is 1. The van der Waals surface area contributed by atoms with Crippen LogP contribution in [-0.4, -0.2) is 20.8 Å². The lowest BCUT2D eigenvalue weighted by atomic mass is 10.1. The summed E-state index contributed by atoms with van der Waals surface area (Å²) in [6, 6.07) is 16.5. The summed E-state index contributed by atoms with van der Waals surface area (Å²) in [7, 11) is 3.38. The largest absolute Gasteiger partial charge is 0.497 e. The highest BCUT2D eigenvalue weighted by atomic mass is 16.5. The molecule has 3 nitrogen and oxygen atoms in total. The van der Waals surface area contributed by atoms with Crippen molar-refractivity contribution < 1.29 is 14.8 Å². The fraction of sp³-hybridized carbons (Fsp3) is 0.294. The first-order valence-corrected chi connectivity index (χ1v) is 6.89. The van der Waals surface area contributed by atoms with E-state index in [1.54, 1.807) is 14.2 Å². The summed E-state index contributed by atoms with van der Waals surface area (Å²) in [5, 5.41) is 2.33. The Labute approximate surface area is 120 Å². The van der Waals surface area contributed by atoms with Gasteiger partial charge in [0.05, 0.1) is 20.8 Å². The van der Waals surface area contributed by atoms with E-state index in [0.717, 1.165) is 31.0 Å². The van der Waals surface area contributed by atoms with Gasteiger partial charge in [-0.1, -0.05) is 12.1 Å². The van der Waals surface area contributed by atoms with Gasteiger partial charge in [-0.25, -0.2) is 0 Å². The van der Waals surface area contributed by atoms with Crippen LogP contribution in [0.2, 0.25) is 0 Å². The topological polar surface area (TPSA) is 35.1 Å². The molecule has 0 amide bonds. The zero-order valence-corrected chi connectivity index (χ0v) is 12.1. The Morgan fingerprint density at radius 2 is 1.25 bits per heavy atom. The molecule has 0 spiro atoms. The van der Waals surface area contributed by atoms with Gasteiger partial charge in [0.15, 0.2) is 0 Å². The van der Waals surface area contributed by atoms with E-state index >= 15 is 0 Å². The number of hydrogen-bond acceptors (Lipinski definition) is 2. The molecular weight excluding hydrogens is 250 g/mol. The van der Waals surface area contributed by atoms with E-state index in [1.165, 1.54) is 11.1 Å². The number of methoxy groups -OCH3 is 2. The summed E-state index contributed by atoms with van der Waals surface area (Å²) in [5.41, 5.74) is 2.66. The first-order chi connectivity index (χ1) is 9.81. The van der Waals surface area contributed by atoms with Crippen molar-refractivity contribution in [2.75, 3.05) is 20.8 Å². The van der Waals surface area contributed by atoms with E-state index < -0.39 is 0 Å². The molecule has 2 aromatic rings. The molecule has 2 aromatic carbocycles. The van der Waals surface area contributed by atoms with Gasteiger partial charge in [-0.05, 0) is 42.0 Å². The van der Waals surface area contributed by atoms with Crippen molar-refractivity contribution in [1.82, 2.24) is 0 Å². The second kappa shape index (κ2) is 7.56. The summed E-state index contributed by atoms with van der Waals surface area (Å²) in [6.07, 6.45) is 1.07. The summed E-state index contributed by atoms with van der Waals surface area (Å²) in [5.74, 6) is 1.82. The molecule has 0 aliphatic heterocycles. The Morgan fingerprint density at radius 3 is 1.75 bits per heavy atom. The monoisotopic (exact) mass is 272 g/mol. The van der Waals surface area contributed by atoms with E-state index in [2.05, 4.69) is 29.6 Å². The maximum atomic E-state index is 5.15. The van der Waals surface area contributed by atoms with Crippen LogP contribution in [0.1, 0.15) is 11.1 Å². The minimum atomic E-state index is 0.909. The van der Waals surface area contributed by atoms with Gasteiger partial charge in [0.2, 0.25) is 0 Å². The molecule has 0 heterocycles. The highest BCUT2D eigenvalue weighted by Crippen LogP contribution is 2.11. The van der Waals surface area contributed by atoms with E-state index in [9.17, 15) is 0 Å². The first kappa shape index (κ1) is 14.4. The fourth-order valence-corrected chi connectivity index (χ4v) is 2.09. The van der Waals surface area contributed by atoms with E-state index in [4.69, 9.17) is 9.47 Å². The molecule has 106 valence electrons. The standard InChI is InChI=1S/C17H21NO2/c1-19-16-7-3-14(4-8-16)11-12-18-13-15-5-9-17(20-2)10-6-15/h3-10,18H,11-13H2,1-2H3/p+1. The van der Waals surface area contributed by atoms with Crippen molar-refractivity contribution >= 4 is 0 Å².